The molecule has 0 rings (SSSR count). The maximum absolute atomic E-state index is 11.7. The van der Waals surface area contributed by atoms with Gasteiger partial charge in [-0.2, -0.15) is 0 Å². The van der Waals surface area contributed by atoms with Crippen LogP contribution in [0.25, 0.3) is 0 Å². The molecule has 206 valence electrons. The third kappa shape index (κ3) is 21.3. The van der Waals surface area contributed by atoms with E-state index in [-0.39, 0.29) is 94.6 Å². The quantitative estimate of drug-likeness (QED) is 0.141. The molecule has 0 aliphatic carbocycles. The van der Waals surface area contributed by atoms with Crippen LogP contribution in [0, 0.1) is 17.8 Å². The van der Waals surface area contributed by atoms with Gasteiger partial charge in [0.1, 0.15) is 0 Å². The van der Waals surface area contributed by atoms with Crippen molar-refractivity contribution in [3.05, 3.63) is 0 Å². The summed E-state index contributed by atoms with van der Waals surface area (Å²) in [5, 5.41) is 0. The highest BCUT2D eigenvalue weighted by atomic mass is 16.5. The SMILES string of the molecule is CC(C)COC(=O)CCOCC(N)(COCCC(=O)OCC(C)C)COCCC(=O)OCC(C)C. The van der Waals surface area contributed by atoms with Crippen molar-refractivity contribution in [3.63, 3.8) is 0 Å². The smallest absolute Gasteiger partial charge is 0.308 e. The molecule has 0 fully saturated rings. The van der Waals surface area contributed by atoms with Gasteiger partial charge in [0.25, 0.3) is 0 Å². The highest BCUT2D eigenvalue weighted by Crippen LogP contribution is 2.07. The number of carbonyl (C=O) groups is 3. The second-order valence-electron chi connectivity index (χ2n) is 10.0. The Kier molecular flexibility index (Phi) is 18.5. The van der Waals surface area contributed by atoms with E-state index in [9.17, 15) is 14.4 Å². The Morgan fingerprint density at radius 2 is 0.829 bits per heavy atom. The minimum atomic E-state index is -1.04. The number of nitrogens with two attached hydrogens (primary N) is 1. The maximum Gasteiger partial charge on any atom is 0.308 e. The van der Waals surface area contributed by atoms with E-state index in [1.807, 2.05) is 41.5 Å². The van der Waals surface area contributed by atoms with Crippen LogP contribution in [0.3, 0.4) is 0 Å². The zero-order valence-electron chi connectivity index (χ0n) is 22.5. The molecule has 35 heavy (non-hydrogen) atoms. The van der Waals surface area contributed by atoms with E-state index in [4.69, 9.17) is 34.2 Å². The molecule has 0 aromatic heterocycles. The van der Waals surface area contributed by atoms with Gasteiger partial charge in [0.15, 0.2) is 0 Å². The molecule has 2 N–H and O–H groups in total. The van der Waals surface area contributed by atoms with Crippen LogP contribution in [-0.2, 0) is 42.8 Å². The van der Waals surface area contributed by atoms with Gasteiger partial charge < -0.3 is 34.2 Å². The van der Waals surface area contributed by atoms with E-state index in [1.165, 1.54) is 0 Å². The molecule has 0 saturated carbocycles. The van der Waals surface area contributed by atoms with Crippen molar-refractivity contribution in [1.29, 1.82) is 0 Å². The van der Waals surface area contributed by atoms with Crippen LogP contribution in [0.1, 0.15) is 60.8 Å². The fourth-order valence-electron chi connectivity index (χ4n) is 2.41. The first kappa shape index (κ1) is 33.2. The lowest BCUT2D eigenvalue weighted by molar-refractivity contribution is -0.146. The number of esters is 3. The average molecular weight is 506 g/mol. The molecule has 0 aromatic carbocycles. The van der Waals surface area contributed by atoms with Crippen LogP contribution in [0.2, 0.25) is 0 Å². The Morgan fingerprint density at radius 3 is 1.06 bits per heavy atom. The van der Waals surface area contributed by atoms with Gasteiger partial charge in [-0.1, -0.05) is 41.5 Å². The standard InChI is InChI=1S/C25H47NO9/c1-19(2)13-33-22(27)7-10-30-16-25(26,17-31-11-8-23(28)34-14-20(3)4)18-32-12-9-24(29)35-15-21(5)6/h19-21H,7-18,26H2,1-6H3. The van der Waals surface area contributed by atoms with Gasteiger partial charge in [0.05, 0.1) is 84.3 Å². The molecule has 0 bridgehead atoms. The predicted octanol–water partition coefficient (Wildman–Crippen LogP) is 2.50. The fourth-order valence-corrected chi connectivity index (χ4v) is 2.41. The molecule has 0 aromatic rings. The Balaban J connectivity index is 4.50. The average Bonchev–Trinajstić information content (AvgIpc) is 2.78. The molecule has 10 nitrogen and oxygen atoms in total. The second kappa shape index (κ2) is 19.4. The lowest BCUT2D eigenvalue weighted by Gasteiger charge is -2.29. The molecular formula is C25H47NO9. The third-order valence-electron chi connectivity index (χ3n) is 4.25. The van der Waals surface area contributed by atoms with Crippen molar-refractivity contribution in [3.8, 4) is 0 Å². The van der Waals surface area contributed by atoms with Gasteiger partial charge in [0.2, 0.25) is 0 Å². The van der Waals surface area contributed by atoms with E-state index < -0.39 is 5.54 Å². The van der Waals surface area contributed by atoms with Crippen LogP contribution in [0.5, 0.6) is 0 Å². The zero-order valence-corrected chi connectivity index (χ0v) is 22.5. The summed E-state index contributed by atoms with van der Waals surface area (Å²) in [6.45, 7) is 13.4. The van der Waals surface area contributed by atoms with Crippen molar-refractivity contribution in [2.45, 2.75) is 66.3 Å². The lowest BCUT2D eigenvalue weighted by Crippen LogP contribution is -2.53. The van der Waals surface area contributed by atoms with E-state index in [2.05, 4.69) is 0 Å². The van der Waals surface area contributed by atoms with Crippen LogP contribution in [0.4, 0.5) is 0 Å². The maximum atomic E-state index is 11.7. The highest BCUT2D eigenvalue weighted by molar-refractivity contribution is 5.70. The van der Waals surface area contributed by atoms with Gasteiger partial charge in [-0.25, -0.2) is 0 Å². The molecule has 0 radical (unpaired) electrons. The number of ether oxygens (including phenoxy) is 6. The number of carbonyl (C=O) groups excluding carboxylic acids is 3. The third-order valence-corrected chi connectivity index (χ3v) is 4.25. The summed E-state index contributed by atoms with van der Waals surface area (Å²) in [5.41, 5.74) is 5.38. The molecule has 0 unspecified atom stereocenters. The molecule has 0 aliphatic heterocycles. The molecule has 10 heteroatoms. The summed E-state index contributed by atoms with van der Waals surface area (Å²) in [5.74, 6) is -0.237. The van der Waals surface area contributed by atoms with Gasteiger partial charge in [-0.15, -0.1) is 0 Å². The number of hydrogen-bond acceptors (Lipinski definition) is 10. The van der Waals surface area contributed by atoms with Gasteiger partial charge in [-0.05, 0) is 17.8 Å². The topological polar surface area (TPSA) is 133 Å². The van der Waals surface area contributed by atoms with Crippen LogP contribution < -0.4 is 5.73 Å². The van der Waals surface area contributed by atoms with Crippen molar-refractivity contribution in [2.75, 3.05) is 59.5 Å². The fraction of sp³-hybridized carbons (Fsp3) is 0.880. The zero-order chi connectivity index (χ0) is 26.7. The van der Waals surface area contributed by atoms with Crippen LogP contribution in [-0.4, -0.2) is 82.9 Å². The molecule has 0 amide bonds. The summed E-state index contributed by atoms with van der Waals surface area (Å²) in [4.78, 5) is 35.2. The molecule has 0 atom stereocenters. The van der Waals surface area contributed by atoms with Crippen LogP contribution >= 0.6 is 0 Å². The lowest BCUT2D eigenvalue weighted by atomic mass is 10.1. The van der Waals surface area contributed by atoms with Crippen molar-refractivity contribution in [2.24, 2.45) is 23.5 Å². The van der Waals surface area contributed by atoms with Crippen molar-refractivity contribution >= 4 is 17.9 Å². The van der Waals surface area contributed by atoms with Gasteiger partial charge in [-0.3, -0.25) is 14.4 Å². The Labute approximate surface area is 210 Å². The van der Waals surface area contributed by atoms with E-state index in [1.54, 1.807) is 0 Å². The molecular weight excluding hydrogens is 458 g/mol. The number of rotatable bonds is 21. The molecule has 0 saturated heterocycles. The van der Waals surface area contributed by atoms with Crippen LogP contribution in [0.15, 0.2) is 0 Å². The Hall–Kier alpha value is -1.75. The van der Waals surface area contributed by atoms with E-state index in [0.29, 0.717) is 19.8 Å². The first-order valence-electron chi connectivity index (χ1n) is 12.4. The molecule has 0 heterocycles. The summed E-state index contributed by atoms with van der Waals surface area (Å²) in [6, 6.07) is 0. The Morgan fingerprint density at radius 1 is 0.571 bits per heavy atom. The molecule has 0 aliphatic rings. The number of hydrogen-bond donors (Lipinski definition) is 1. The second-order valence-corrected chi connectivity index (χ2v) is 10.0. The Bertz CT molecular complexity index is 515. The normalized spacial score (nSPS) is 11.8. The first-order chi connectivity index (χ1) is 16.4. The first-order valence-corrected chi connectivity index (χ1v) is 12.4. The minimum Gasteiger partial charge on any atom is -0.465 e. The summed E-state index contributed by atoms with van der Waals surface area (Å²) < 4.78 is 32.1. The largest absolute Gasteiger partial charge is 0.465 e. The van der Waals surface area contributed by atoms with E-state index >= 15 is 0 Å². The monoisotopic (exact) mass is 505 g/mol. The van der Waals surface area contributed by atoms with Crippen molar-refractivity contribution < 1.29 is 42.8 Å². The molecule has 0 spiro atoms. The predicted molar refractivity (Wildman–Crippen MR) is 131 cm³/mol. The highest BCUT2D eigenvalue weighted by Gasteiger charge is 2.27. The minimum absolute atomic E-state index is 0.0556. The summed E-state index contributed by atoms with van der Waals surface area (Å²) in [7, 11) is 0. The van der Waals surface area contributed by atoms with Gasteiger partial charge in [0, 0.05) is 0 Å². The van der Waals surface area contributed by atoms with Gasteiger partial charge >= 0.3 is 17.9 Å². The van der Waals surface area contributed by atoms with E-state index in [0.717, 1.165) is 0 Å². The van der Waals surface area contributed by atoms with Crippen molar-refractivity contribution in [1.82, 2.24) is 0 Å². The summed E-state index contributed by atoms with van der Waals surface area (Å²) >= 11 is 0. The summed E-state index contributed by atoms with van der Waals surface area (Å²) in [6.07, 6.45) is 0.315.